The normalized spacial score (nSPS) is 15.1. The summed E-state index contributed by atoms with van der Waals surface area (Å²) in [6.45, 7) is 0.913. The number of thiazole rings is 1. The van der Waals surface area contributed by atoms with E-state index in [-0.39, 0.29) is 0 Å². The van der Waals surface area contributed by atoms with E-state index in [0.29, 0.717) is 5.02 Å². The van der Waals surface area contributed by atoms with Crippen LogP contribution >= 0.6 is 22.9 Å². The summed E-state index contributed by atoms with van der Waals surface area (Å²) in [6.07, 6.45) is 6.20. The number of aromatic nitrogens is 2. The topological polar surface area (TPSA) is 37.8 Å². The van der Waals surface area contributed by atoms with Gasteiger partial charge in [-0.2, -0.15) is 0 Å². The summed E-state index contributed by atoms with van der Waals surface area (Å²) in [5.74, 6) is 0. The molecule has 3 rings (SSSR count). The Labute approximate surface area is 109 Å². The van der Waals surface area contributed by atoms with Crippen LogP contribution in [0, 0.1) is 0 Å². The minimum atomic E-state index is 0.654. The Morgan fingerprint density at radius 3 is 2.88 bits per heavy atom. The third kappa shape index (κ3) is 2.83. The number of rotatable bonds is 4. The summed E-state index contributed by atoms with van der Waals surface area (Å²) in [4.78, 5) is 9.91. The quantitative estimate of drug-likeness (QED) is 0.923. The molecule has 0 amide bonds. The molecular weight excluding hydrogens is 254 g/mol. The first kappa shape index (κ1) is 11.1. The molecule has 2 heterocycles. The summed E-state index contributed by atoms with van der Waals surface area (Å²) < 4.78 is 0. The first-order chi connectivity index (χ1) is 8.31. The van der Waals surface area contributed by atoms with Crippen molar-refractivity contribution < 1.29 is 0 Å². The first-order valence-corrected chi connectivity index (χ1v) is 6.81. The second kappa shape index (κ2) is 4.72. The van der Waals surface area contributed by atoms with Crippen LogP contribution in [-0.2, 0) is 6.54 Å². The number of pyridine rings is 1. The highest BCUT2D eigenvalue weighted by Gasteiger charge is 2.20. The van der Waals surface area contributed by atoms with Crippen LogP contribution in [0.25, 0.3) is 10.7 Å². The van der Waals surface area contributed by atoms with Crippen molar-refractivity contribution in [3.63, 3.8) is 0 Å². The third-order valence-electron chi connectivity index (χ3n) is 2.64. The second-order valence-electron chi connectivity index (χ2n) is 4.15. The maximum atomic E-state index is 5.81. The lowest BCUT2D eigenvalue weighted by atomic mass is 10.4. The van der Waals surface area contributed by atoms with Crippen LogP contribution < -0.4 is 5.32 Å². The van der Waals surface area contributed by atoms with Crippen LogP contribution in [0.4, 0.5) is 0 Å². The van der Waals surface area contributed by atoms with Crippen molar-refractivity contribution in [3.8, 4) is 10.7 Å². The summed E-state index contributed by atoms with van der Waals surface area (Å²) in [5, 5.41) is 5.08. The van der Waals surface area contributed by atoms with Crippen molar-refractivity contribution in [2.45, 2.75) is 25.4 Å². The van der Waals surface area contributed by atoms with E-state index in [1.165, 1.54) is 17.7 Å². The van der Waals surface area contributed by atoms with Gasteiger partial charge in [0.25, 0.3) is 0 Å². The predicted molar refractivity (Wildman–Crippen MR) is 70.2 cm³/mol. The maximum absolute atomic E-state index is 5.81. The molecule has 0 aliphatic heterocycles. The van der Waals surface area contributed by atoms with E-state index in [9.17, 15) is 0 Å². The molecule has 0 radical (unpaired) electrons. The molecule has 1 aliphatic carbocycles. The molecule has 3 nitrogen and oxygen atoms in total. The van der Waals surface area contributed by atoms with Gasteiger partial charge in [-0.15, -0.1) is 11.3 Å². The van der Waals surface area contributed by atoms with Gasteiger partial charge in [0, 0.05) is 29.9 Å². The van der Waals surface area contributed by atoms with Crippen molar-refractivity contribution >= 4 is 22.9 Å². The van der Waals surface area contributed by atoms with Gasteiger partial charge in [0.1, 0.15) is 5.01 Å². The molecule has 2 aromatic rings. The summed E-state index contributed by atoms with van der Waals surface area (Å²) in [7, 11) is 0. The lowest BCUT2D eigenvalue weighted by Crippen LogP contribution is -2.14. The van der Waals surface area contributed by atoms with Crippen LogP contribution in [-0.4, -0.2) is 16.0 Å². The maximum Gasteiger partial charge on any atom is 0.142 e. The molecule has 1 saturated carbocycles. The van der Waals surface area contributed by atoms with Crippen molar-refractivity contribution in [2.24, 2.45) is 0 Å². The van der Waals surface area contributed by atoms with Gasteiger partial charge in [-0.3, -0.25) is 4.98 Å². The van der Waals surface area contributed by atoms with E-state index in [1.807, 2.05) is 18.3 Å². The lowest BCUT2D eigenvalue weighted by molar-refractivity contribution is 0.694. The summed E-state index contributed by atoms with van der Waals surface area (Å²) in [5.41, 5.74) is 0.886. The molecule has 1 N–H and O–H groups in total. The van der Waals surface area contributed by atoms with E-state index in [4.69, 9.17) is 11.6 Å². The van der Waals surface area contributed by atoms with Crippen molar-refractivity contribution in [2.75, 3.05) is 0 Å². The molecule has 0 bridgehead atoms. The number of hydrogen-bond donors (Lipinski definition) is 1. The van der Waals surface area contributed by atoms with Crippen molar-refractivity contribution in [1.82, 2.24) is 15.3 Å². The molecule has 2 aromatic heterocycles. The molecule has 0 spiro atoms. The fraction of sp³-hybridized carbons (Fsp3) is 0.333. The first-order valence-electron chi connectivity index (χ1n) is 5.61. The number of halogens is 1. The minimum Gasteiger partial charge on any atom is -0.309 e. The van der Waals surface area contributed by atoms with Crippen LogP contribution in [0.5, 0.6) is 0 Å². The zero-order valence-electron chi connectivity index (χ0n) is 9.19. The van der Waals surface area contributed by atoms with Gasteiger partial charge in [0.05, 0.1) is 10.7 Å². The molecule has 5 heteroatoms. The van der Waals surface area contributed by atoms with Gasteiger partial charge in [-0.05, 0) is 25.0 Å². The van der Waals surface area contributed by atoms with Crippen LogP contribution in [0.1, 0.15) is 17.7 Å². The number of nitrogens with zero attached hydrogens (tertiary/aromatic N) is 2. The fourth-order valence-corrected chi connectivity index (χ4v) is 2.49. The Morgan fingerprint density at radius 2 is 2.18 bits per heavy atom. The Morgan fingerprint density at radius 1 is 1.29 bits per heavy atom. The third-order valence-corrected chi connectivity index (χ3v) is 3.89. The SMILES string of the molecule is Clc1ccc(-c2ncc(CNC3CC3)s2)nc1. The van der Waals surface area contributed by atoms with E-state index in [1.54, 1.807) is 17.5 Å². The highest BCUT2D eigenvalue weighted by molar-refractivity contribution is 7.14. The fourth-order valence-electron chi connectivity index (χ4n) is 1.54. The van der Waals surface area contributed by atoms with Gasteiger partial charge in [-0.25, -0.2) is 4.98 Å². The molecule has 88 valence electrons. The molecular formula is C12H12ClN3S. The Balaban J connectivity index is 1.72. The monoisotopic (exact) mass is 265 g/mol. The Bertz CT molecular complexity index is 505. The molecule has 1 fully saturated rings. The van der Waals surface area contributed by atoms with Crippen LogP contribution in [0.3, 0.4) is 0 Å². The average Bonchev–Trinajstić information content (AvgIpc) is 3.06. The molecule has 0 unspecified atom stereocenters. The van der Waals surface area contributed by atoms with E-state index >= 15 is 0 Å². The van der Waals surface area contributed by atoms with E-state index in [2.05, 4.69) is 15.3 Å². The van der Waals surface area contributed by atoms with Gasteiger partial charge in [-0.1, -0.05) is 11.6 Å². The van der Waals surface area contributed by atoms with Gasteiger partial charge in [0.2, 0.25) is 0 Å². The molecule has 0 saturated heterocycles. The van der Waals surface area contributed by atoms with Gasteiger partial charge in [0.15, 0.2) is 0 Å². The number of nitrogens with one attached hydrogen (secondary N) is 1. The zero-order chi connectivity index (χ0) is 11.7. The summed E-state index contributed by atoms with van der Waals surface area (Å²) in [6, 6.07) is 4.47. The van der Waals surface area contributed by atoms with E-state index < -0.39 is 0 Å². The lowest BCUT2D eigenvalue weighted by Gasteiger charge is -1.97. The second-order valence-corrected chi connectivity index (χ2v) is 5.70. The molecule has 1 aliphatic rings. The Hall–Kier alpha value is -0.970. The van der Waals surface area contributed by atoms with Crippen LogP contribution in [0.2, 0.25) is 5.02 Å². The molecule has 0 aromatic carbocycles. The van der Waals surface area contributed by atoms with Crippen molar-refractivity contribution in [1.29, 1.82) is 0 Å². The minimum absolute atomic E-state index is 0.654. The number of hydrogen-bond acceptors (Lipinski definition) is 4. The van der Waals surface area contributed by atoms with E-state index in [0.717, 1.165) is 23.3 Å². The molecule has 17 heavy (non-hydrogen) atoms. The van der Waals surface area contributed by atoms with Crippen LogP contribution in [0.15, 0.2) is 24.5 Å². The highest BCUT2D eigenvalue weighted by Crippen LogP contribution is 2.25. The summed E-state index contributed by atoms with van der Waals surface area (Å²) >= 11 is 7.49. The molecule has 0 atom stereocenters. The zero-order valence-corrected chi connectivity index (χ0v) is 10.8. The van der Waals surface area contributed by atoms with Gasteiger partial charge >= 0.3 is 0 Å². The largest absolute Gasteiger partial charge is 0.309 e. The van der Waals surface area contributed by atoms with Gasteiger partial charge < -0.3 is 5.32 Å². The Kier molecular flexibility index (Phi) is 3.09. The highest BCUT2D eigenvalue weighted by atomic mass is 35.5. The average molecular weight is 266 g/mol. The standard InChI is InChI=1S/C12H12ClN3S/c13-8-1-4-11(15-5-8)12-16-7-10(17-12)6-14-9-2-3-9/h1,4-5,7,9,14H,2-3,6H2. The smallest absolute Gasteiger partial charge is 0.142 e. The van der Waals surface area contributed by atoms with Crippen molar-refractivity contribution in [3.05, 3.63) is 34.4 Å². The predicted octanol–water partition coefficient (Wildman–Crippen LogP) is 3.11.